The predicted octanol–water partition coefficient (Wildman–Crippen LogP) is 5.33. The molecule has 2 atom stereocenters. The molecular formula is C20H29NO. The van der Waals surface area contributed by atoms with E-state index in [1.807, 2.05) is 24.3 Å². The number of hydrogen-bond donors (Lipinski definition) is 1. The van der Waals surface area contributed by atoms with E-state index in [-0.39, 0.29) is 12.0 Å². The second-order valence-electron chi connectivity index (χ2n) is 5.89. The number of aliphatic hydroxyl groups excluding tert-OH is 1. The fourth-order valence-electron chi connectivity index (χ4n) is 2.59. The van der Waals surface area contributed by atoms with Crippen molar-refractivity contribution >= 4 is 0 Å². The predicted molar refractivity (Wildman–Crippen MR) is 92.7 cm³/mol. The third-order valence-electron chi connectivity index (χ3n) is 4.01. The molecule has 0 fully saturated rings. The molecule has 1 rings (SSSR count). The van der Waals surface area contributed by atoms with E-state index in [2.05, 4.69) is 32.1 Å². The Morgan fingerprint density at radius 2 is 1.77 bits per heavy atom. The van der Waals surface area contributed by atoms with Crippen molar-refractivity contribution in [1.82, 2.24) is 0 Å². The molecule has 0 aliphatic carbocycles. The molecule has 1 aromatic rings. The van der Waals surface area contributed by atoms with E-state index in [4.69, 9.17) is 5.26 Å². The van der Waals surface area contributed by atoms with Crippen molar-refractivity contribution in [3.05, 3.63) is 47.5 Å². The summed E-state index contributed by atoms with van der Waals surface area (Å²) >= 11 is 0. The maximum atomic E-state index is 10.6. The minimum atomic E-state index is -0.350. The lowest BCUT2D eigenvalue weighted by Crippen LogP contribution is -2.17. The quantitative estimate of drug-likeness (QED) is 0.469. The van der Waals surface area contributed by atoms with Crippen molar-refractivity contribution in [3.63, 3.8) is 0 Å². The Kier molecular flexibility index (Phi) is 9.26. The maximum Gasteiger partial charge on any atom is 0.0991 e. The topological polar surface area (TPSA) is 44.0 Å². The van der Waals surface area contributed by atoms with Gasteiger partial charge in [-0.15, -0.1) is 0 Å². The first-order valence-corrected chi connectivity index (χ1v) is 8.57. The standard InChI is InChI=1S/C20H29NO/c1-3-5-7-9-10-19(20(22)11-8-6-4-2)18-14-12-17(16-21)13-15-18/h9-10,12-15,19-20,22H,3-8,11H2,1-2H3/b10-9-/t19-,20-/m0/s1. The van der Waals surface area contributed by atoms with E-state index in [1.54, 1.807) is 0 Å². The number of hydrogen-bond acceptors (Lipinski definition) is 2. The smallest absolute Gasteiger partial charge is 0.0991 e. The lowest BCUT2D eigenvalue weighted by Gasteiger charge is -2.20. The van der Waals surface area contributed by atoms with Crippen LogP contribution in [-0.4, -0.2) is 11.2 Å². The lowest BCUT2D eigenvalue weighted by molar-refractivity contribution is 0.145. The van der Waals surface area contributed by atoms with Crippen LogP contribution < -0.4 is 0 Å². The van der Waals surface area contributed by atoms with Crippen LogP contribution in [0.5, 0.6) is 0 Å². The summed E-state index contributed by atoms with van der Waals surface area (Å²) in [4.78, 5) is 0. The van der Waals surface area contributed by atoms with Crippen LogP contribution in [0.3, 0.4) is 0 Å². The van der Waals surface area contributed by atoms with E-state index in [0.29, 0.717) is 5.56 Å². The van der Waals surface area contributed by atoms with Gasteiger partial charge in [-0.3, -0.25) is 0 Å². The number of rotatable bonds is 10. The number of nitrogens with zero attached hydrogens (tertiary/aromatic N) is 1. The third kappa shape index (κ3) is 6.45. The minimum absolute atomic E-state index is 0.0291. The van der Waals surface area contributed by atoms with Gasteiger partial charge in [-0.25, -0.2) is 0 Å². The molecule has 22 heavy (non-hydrogen) atoms. The summed E-state index contributed by atoms with van der Waals surface area (Å²) in [6.07, 6.45) is 11.6. The second kappa shape index (κ2) is 11.0. The Morgan fingerprint density at radius 3 is 2.36 bits per heavy atom. The average Bonchev–Trinajstić information content (AvgIpc) is 2.55. The highest BCUT2D eigenvalue weighted by molar-refractivity contribution is 5.35. The fourth-order valence-corrected chi connectivity index (χ4v) is 2.59. The molecule has 1 N–H and O–H groups in total. The molecule has 0 bridgehead atoms. The van der Waals surface area contributed by atoms with Crippen LogP contribution in [0.2, 0.25) is 0 Å². The molecule has 0 aliphatic rings. The van der Waals surface area contributed by atoms with Crippen molar-refractivity contribution in [1.29, 1.82) is 5.26 Å². The molecule has 2 heteroatoms. The van der Waals surface area contributed by atoms with Gasteiger partial charge >= 0.3 is 0 Å². The normalized spacial score (nSPS) is 13.9. The van der Waals surface area contributed by atoms with Crippen molar-refractivity contribution in [2.24, 2.45) is 0 Å². The number of unbranched alkanes of at least 4 members (excludes halogenated alkanes) is 4. The Hall–Kier alpha value is -1.59. The number of nitriles is 1. The second-order valence-corrected chi connectivity index (χ2v) is 5.89. The van der Waals surface area contributed by atoms with Gasteiger partial charge in [-0.05, 0) is 30.5 Å². The molecule has 1 aromatic carbocycles. The Bertz CT molecular complexity index is 469. The van der Waals surface area contributed by atoms with Gasteiger partial charge in [0, 0.05) is 5.92 Å². The molecule has 0 amide bonds. The van der Waals surface area contributed by atoms with E-state index in [0.717, 1.165) is 31.2 Å². The van der Waals surface area contributed by atoms with Crippen LogP contribution in [0.15, 0.2) is 36.4 Å². The minimum Gasteiger partial charge on any atom is -0.392 e. The zero-order valence-electron chi connectivity index (χ0n) is 14.0. The van der Waals surface area contributed by atoms with Crippen molar-refractivity contribution in [2.75, 3.05) is 0 Å². The summed E-state index contributed by atoms with van der Waals surface area (Å²) in [5, 5.41) is 19.5. The molecule has 0 saturated heterocycles. The van der Waals surface area contributed by atoms with Crippen LogP contribution in [0.25, 0.3) is 0 Å². The van der Waals surface area contributed by atoms with Gasteiger partial charge < -0.3 is 5.11 Å². The lowest BCUT2D eigenvalue weighted by atomic mass is 9.89. The zero-order chi connectivity index (χ0) is 16.2. The van der Waals surface area contributed by atoms with Crippen molar-refractivity contribution < 1.29 is 5.11 Å². The molecule has 0 aliphatic heterocycles. The summed E-state index contributed by atoms with van der Waals surface area (Å²) in [6.45, 7) is 4.36. The number of aliphatic hydroxyl groups is 1. The largest absolute Gasteiger partial charge is 0.392 e. The van der Waals surface area contributed by atoms with Crippen molar-refractivity contribution in [3.8, 4) is 6.07 Å². The molecular weight excluding hydrogens is 270 g/mol. The maximum absolute atomic E-state index is 10.6. The van der Waals surface area contributed by atoms with E-state index < -0.39 is 0 Å². The fraction of sp³-hybridized carbons (Fsp3) is 0.550. The number of benzene rings is 1. The van der Waals surface area contributed by atoms with Crippen molar-refractivity contribution in [2.45, 2.75) is 70.8 Å². The summed E-state index contributed by atoms with van der Waals surface area (Å²) in [5.41, 5.74) is 1.76. The van der Waals surface area contributed by atoms with Gasteiger partial charge in [-0.1, -0.05) is 70.2 Å². The molecule has 2 nitrogen and oxygen atoms in total. The Labute approximate surface area is 135 Å². The highest BCUT2D eigenvalue weighted by Crippen LogP contribution is 2.25. The van der Waals surface area contributed by atoms with Gasteiger partial charge in [-0.2, -0.15) is 5.26 Å². The highest BCUT2D eigenvalue weighted by Gasteiger charge is 2.18. The molecule has 0 heterocycles. The van der Waals surface area contributed by atoms with Gasteiger partial charge in [0.2, 0.25) is 0 Å². The van der Waals surface area contributed by atoms with Gasteiger partial charge in [0.15, 0.2) is 0 Å². The zero-order valence-corrected chi connectivity index (χ0v) is 14.0. The van der Waals surface area contributed by atoms with E-state index in [1.165, 1.54) is 19.3 Å². The molecule has 0 aromatic heterocycles. The molecule has 0 saturated carbocycles. The van der Waals surface area contributed by atoms with Crippen LogP contribution in [-0.2, 0) is 0 Å². The van der Waals surface area contributed by atoms with E-state index in [9.17, 15) is 5.11 Å². The molecule has 0 radical (unpaired) electrons. The van der Waals surface area contributed by atoms with Crippen LogP contribution in [0.4, 0.5) is 0 Å². The first kappa shape index (κ1) is 18.5. The Morgan fingerprint density at radius 1 is 1.09 bits per heavy atom. The summed E-state index contributed by atoms with van der Waals surface area (Å²) < 4.78 is 0. The first-order valence-electron chi connectivity index (χ1n) is 8.57. The first-order chi connectivity index (χ1) is 10.7. The molecule has 120 valence electrons. The SMILES string of the molecule is CCCC/C=C\[C@@H](c1ccc(C#N)cc1)[C@@H](O)CCCCC. The molecule has 0 spiro atoms. The highest BCUT2D eigenvalue weighted by atomic mass is 16.3. The van der Waals surface area contributed by atoms with Crippen LogP contribution >= 0.6 is 0 Å². The van der Waals surface area contributed by atoms with Gasteiger partial charge in [0.1, 0.15) is 0 Å². The van der Waals surface area contributed by atoms with Crippen LogP contribution in [0, 0.1) is 11.3 Å². The Balaban J connectivity index is 2.79. The van der Waals surface area contributed by atoms with E-state index >= 15 is 0 Å². The van der Waals surface area contributed by atoms with Gasteiger partial charge in [0.25, 0.3) is 0 Å². The number of allylic oxidation sites excluding steroid dienone is 1. The average molecular weight is 299 g/mol. The monoisotopic (exact) mass is 299 g/mol. The van der Waals surface area contributed by atoms with Gasteiger partial charge in [0.05, 0.1) is 17.7 Å². The third-order valence-corrected chi connectivity index (χ3v) is 4.01. The summed E-state index contributed by atoms with van der Waals surface area (Å²) in [6, 6.07) is 9.75. The summed E-state index contributed by atoms with van der Waals surface area (Å²) in [5.74, 6) is 0.0291. The molecule has 0 unspecified atom stereocenters. The van der Waals surface area contributed by atoms with Crippen LogP contribution in [0.1, 0.15) is 75.8 Å². The summed E-state index contributed by atoms with van der Waals surface area (Å²) in [7, 11) is 0.